The highest BCUT2D eigenvalue weighted by Gasteiger charge is 2.06. The molecule has 0 bridgehead atoms. The van der Waals surface area contributed by atoms with E-state index < -0.39 is 0 Å². The lowest BCUT2D eigenvalue weighted by atomic mass is 10.2. The fourth-order valence-electron chi connectivity index (χ4n) is 1.62. The first-order chi connectivity index (χ1) is 9.70. The van der Waals surface area contributed by atoms with Gasteiger partial charge in [0, 0.05) is 21.2 Å². The SMILES string of the molecule is ClCC#Cc1cccc(OCc2c(Cl)cccc2Cl)c1. The fraction of sp³-hybridized carbons (Fsp3) is 0.125. The Labute approximate surface area is 133 Å². The highest BCUT2D eigenvalue weighted by atomic mass is 35.5. The first-order valence-corrected chi connectivity index (χ1v) is 7.20. The third-order valence-electron chi connectivity index (χ3n) is 2.58. The van der Waals surface area contributed by atoms with Crippen LogP contribution in [0.5, 0.6) is 5.75 Å². The van der Waals surface area contributed by atoms with E-state index in [0.29, 0.717) is 28.3 Å². The molecule has 0 aliphatic rings. The zero-order valence-electron chi connectivity index (χ0n) is 10.5. The van der Waals surface area contributed by atoms with E-state index in [9.17, 15) is 0 Å². The Kier molecular flexibility index (Phi) is 5.61. The standard InChI is InChI=1S/C16H11Cl3O/c17-9-3-5-12-4-1-6-13(10-12)20-11-14-15(18)7-2-8-16(14)19/h1-2,4,6-8,10H,9,11H2. The van der Waals surface area contributed by atoms with Crippen molar-refractivity contribution >= 4 is 34.8 Å². The number of benzene rings is 2. The predicted molar refractivity (Wildman–Crippen MR) is 84.8 cm³/mol. The van der Waals surface area contributed by atoms with Gasteiger partial charge < -0.3 is 4.74 Å². The molecule has 0 atom stereocenters. The average Bonchev–Trinajstić information content (AvgIpc) is 2.45. The number of halogens is 3. The zero-order valence-corrected chi connectivity index (χ0v) is 12.8. The van der Waals surface area contributed by atoms with Crippen LogP contribution in [0.1, 0.15) is 11.1 Å². The number of ether oxygens (including phenoxy) is 1. The first kappa shape index (κ1) is 15.1. The van der Waals surface area contributed by atoms with Gasteiger partial charge in [-0.05, 0) is 30.3 Å². The monoisotopic (exact) mass is 324 g/mol. The van der Waals surface area contributed by atoms with Gasteiger partial charge in [0.2, 0.25) is 0 Å². The summed E-state index contributed by atoms with van der Waals surface area (Å²) < 4.78 is 5.70. The summed E-state index contributed by atoms with van der Waals surface area (Å²) in [5.74, 6) is 6.76. The van der Waals surface area contributed by atoms with Gasteiger partial charge in [0.25, 0.3) is 0 Å². The number of hydrogen-bond donors (Lipinski definition) is 0. The Hall–Kier alpha value is -1.33. The Balaban J connectivity index is 2.11. The molecule has 0 fully saturated rings. The van der Waals surface area contributed by atoms with E-state index in [4.69, 9.17) is 39.5 Å². The molecule has 20 heavy (non-hydrogen) atoms. The Morgan fingerprint density at radius 3 is 2.40 bits per heavy atom. The second kappa shape index (κ2) is 7.45. The zero-order chi connectivity index (χ0) is 14.4. The molecule has 4 heteroatoms. The van der Waals surface area contributed by atoms with Crippen molar-refractivity contribution in [2.75, 3.05) is 5.88 Å². The topological polar surface area (TPSA) is 9.23 Å². The van der Waals surface area contributed by atoms with Crippen LogP contribution in [-0.4, -0.2) is 5.88 Å². The molecule has 0 radical (unpaired) electrons. The van der Waals surface area contributed by atoms with Crippen LogP contribution in [0.2, 0.25) is 10.0 Å². The van der Waals surface area contributed by atoms with Gasteiger partial charge in [0.15, 0.2) is 0 Å². The van der Waals surface area contributed by atoms with Crippen molar-refractivity contribution in [1.82, 2.24) is 0 Å². The van der Waals surface area contributed by atoms with Gasteiger partial charge in [-0.2, -0.15) is 0 Å². The van der Waals surface area contributed by atoms with Crippen LogP contribution in [-0.2, 0) is 6.61 Å². The third kappa shape index (κ3) is 4.08. The summed E-state index contributed by atoms with van der Waals surface area (Å²) in [6, 6.07) is 12.9. The average molecular weight is 326 g/mol. The summed E-state index contributed by atoms with van der Waals surface area (Å²) in [6.07, 6.45) is 0. The summed E-state index contributed by atoms with van der Waals surface area (Å²) in [7, 11) is 0. The van der Waals surface area contributed by atoms with Gasteiger partial charge in [-0.15, -0.1) is 11.6 Å². The molecule has 0 aromatic heterocycles. The van der Waals surface area contributed by atoms with Crippen LogP contribution >= 0.6 is 34.8 Å². The molecule has 2 aromatic carbocycles. The molecule has 0 saturated heterocycles. The van der Waals surface area contributed by atoms with E-state index in [2.05, 4.69) is 11.8 Å². The van der Waals surface area contributed by atoms with Crippen LogP contribution in [0.25, 0.3) is 0 Å². The lowest BCUT2D eigenvalue weighted by Gasteiger charge is -2.09. The molecule has 2 rings (SSSR count). The molecule has 0 aliphatic heterocycles. The highest BCUT2D eigenvalue weighted by molar-refractivity contribution is 6.35. The van der Waals surface area contributed by atoms with Crippen molar-refractivity contribution in [2.24, 2.45) is 0 Å². The van der Waals surface area contributed by atoms with E-state index in [1.807, 2.05) is 24.3 Å². The van der Waals surface area contributed by atoms with Crippen LogP contribution in [0.15, 0.2) is 42.5 Å². The van der Waals surface area contributed by atoms with E-state index in [0.717, 1.165) is 11.1 Å². The Morgan fingerprint density at radius 1 is 1.00 bits per heavy atom. The lowest BCUT2D eigenvalue weighted by molar-refractivity contribution is 0.306. The van der Waals surface area contributed by atoms with E-state index in [1.165, 1.54) is 0 Å². The molecule has 1 nitrogen and oxygen atoms in total. The van der Waals surface area contributed by atoms with Crippen molar-refractivity contribution in [3.8, 4) is 17.6 Å². The number of alkyl halides is 1. The second-order valence-electron chi connectivity index (χ2n) is 3.95. The molecule has 0 saturated carbocycles. The van der Waals surface area contributed by atoms with Crippen molar-refractivity contribution in [3.05, 3.63) is 63.6 Å². The molecule has 0 aliphatic carbocycles. The van der Waals surface area contributed by atoms with Crippen LogP contribution in [0, 0.1) is 11.8 Å². The summed E-state index contributed by atoms with van der Waals surface area (Å²) in [5, 5.41) is 1.19. The molecule has 102 valence electrons. The van der Waals surface area contributed by atoms with Crippen molar-refractivity contribution in [3.63, 3.8) is 0 Å². The van der Waals surface area contributed by atoms with E-state index >= 15 is 0 Å². The minimum Gasteiger partial charge on any atom is -0.489 e. The number of rotatable bonds is 3. The second-order valence-corrected chi connectivity index (χ2v) is 5.03. The minimum atomic E-state index is 0.306. The van der Waals surface area contributed by atoms with Gasteiger partial charge in [0.1, 0.15) is 12.4 Å². The third-order valence-corrected chi connectivity index (χ3v) is 3.42. The molecular weight excluding hydrogens is 315 g/mol. The maximum Gasteiger partial charge on any atom is 0.121 e. The molecular formula is C16H11Cl3O. The van der Waals surface area contributed by atoms with Crippen molar-refractivity contribution in [1.29, 1.82) is 0 Å². The Morgan fingerprint density at radius 2 is 1.70 bits per heavy atom. The molecule has 0 N–H and O–H groups in total. The molecule has 0 heterocycles. The molecule has 0 unspecified atom stereocenters. The van der Waals surface area contributed by atoms with Crippen molar-refractivity contribution in [2.45, 2.75) is 6.61 Å². The summed E-state index contributed by atoms with van der Waals surface area (Å²) in [5.41, 5.74) is 1.63. The highest BCUT2D eigenvalue weighted by Crippen LogP contribution is 2.26. The predicted octanol–water partition coefficient (Wildman–Crippen LogP) is 5.16. The van der Waals surface area contributed by atoms with Gasteiger partial charge in [-0.3, -0.25) is 0 Å². The van der Waals surface area contributed by atoms with Crippen LogP contribution in [0.3, 0.4) is 0 Å². The smallest absolute Gasteiger partial charge is 0.121 e. The maximum absolute atomic E-state index is 6.09. The normalized spacial score (nSPS) is 9.75. The number of hydrogen-bond acceptors (Lipinski definition) is 1. The lowest BCUT2D eigenvalue weighted by Crippen LogP contribution is -1.97. The minimum absolute atomic E-state index is 0.306. The van der Waals surface area contributed by atoms with Gasteiger partial charge in [-0.25, -0.2) is 0 Å². The molecule has 2 aromatic rings. The van der Waals surface area contributed by atoms with Gasteiger partial charge in [0.05, 0.1) is 5.88 Å². The molecule has 0 spiro atoms. The molecule has 0 amide bonds. The van der Waals surface area contributed by atoms with Gasteiger partial charge >= 0.3 is 0 Å². The maximum atomic E-state index is 6.09. The van der Waals surface area contributed by atoms with E-state index in [1.54, 1.807) is 18.2 Å². The largest absolute Gasteiger partial charge is 0.489 e. The summed E-state index contributed by atoms with van der Waals surface area (Å²) in [6.45, 7) is 0.310. The fourth-order valence-corrected chi connectivity index (χ4v) is 2.20. The van der Waals surface area contributed by atoms with Crippen LogP contribution < -0.4 is 4.74 Å². The van der Waals surface area contributed by atoms with Crippen molar-refractivity contribution < 1.29 is 4.74 Å². The Bertz CT molecular complexity index is 636. The summed E-state index contributed by atoms with van der Waals surface area (Å²) in [4.78, 5) is 0. The van der Waals surface area contributed by atoms with Crippen LogP contribution in [0.4, 0.5) is 0 Å². The van der Waals surface area contributed by atoms with E-state index in [-0.39, 0.29) is 0 Å². The first-order valence-electron chi connectivity index (χ1n) is 5.91. The quantitative estimate of drug-likeness (QED) is 0.559. The summed E-state index contributed by atoms with van der Waals surface area (Å²) >= 11 is 17.7. The van der Waals surface area contributed by atoms with Gasteiger partial charge in [-0.1, -0.05) is 47.2 Å².